The Kier molecular flexibility index (Phi) is 6.26. The second-order valence-corrected chi connectivity index (χ2v) is 9.92. The minimum absolute atomic E-state index is 0.133. The van der Waals surface area contributed by atoms with Gasteiger partial charge in [-0.15, -0.1) is 11.3 Å². The molecular formula is C25H23ClN4O2S. The maximum atomic E-state index is 13.5. The second kappa shape index (κ2) is 9.47. The van der Waals surface area contributed by atoms with Gasteiger partial charge < -0.3 is 4.90 Å². The monoisotopic (exact) mass is 478 g/mol. The van der Waals surface area contributed by atoms with Gasteiger partial charge in [-0.2, -0.15) is 5.10 Å². The third-order valence-corrected chi connectivity index (χ3v) is 7.13. The highest BCUT2D eigenvalue weighted by Gasteiger charge is 2.26. The van der Waals surface area contributed by atoms with Gasteiger partial charge in [-0.1, -0.05) is 60.1 Å². The van der Waals surface area contributed by atoms with E-state index >= 15 is 0 Å². The summed E-state index contributed by atoms with van der Waals surface area (Å²) >= 11 is 7.64. The molecule has 0 aliphatic carbocycles. The van der Waals surface area contributed by atoms with Crippen molar-refractivity contribution in [3.05, 3.63) is 97.6 Å². The molecule has 4 aromatic rings. The van der Waals surface area contributed by atoms with E-state index in [4.69, 9.17) is 11.6 Å². The molecule has 1 aliphatic heterocycles. The fourth-order valence-electron chi connectivity index (χ4n) is 4.17. The van der Waals surface area contributed by atoms with E-state index in [2.05, 4.69) is 16.1 Å². The minimum atomic E-state index is -0.189. The Morgan fingerprint density at radius 2 is 1.58 bits per heavy atom. The van der Waals surface area contributed by atoms with Crippen LogP contribution in [0.5, 0.6) is 0 Å². The van der Waals surface area contributed by atoms with Crippen molar-refractivity contribution in [3.63, 3.8) is 0 Å². The molecule has 0 saturated carbocycles. The summed E-state index contributed by atoms with van der Waals surface area (Å²) in [7, 11) is 0. The van der Waals surface area contributed by atoms with Gasteiger partial charge in [-0.05, 0) is 23.8 Å². The highest BCUT2D eigenvalue weighted by atomic mass is 35.5. The number of hydrogen-bond donors (Lipinski definition) is 0. The van der Waals surface area contributed by atoms with Crippen LogP contribution in [0.15, 0.2) is 71.5 Å². The van der Waals surface area contributed by atoms with Crippen molar-refractivity contribution >= 4 is 39.6 Å². The number of rotatable bonds is 5. The van der Waals surface area contributed by atoms with Crippen LogP contribution in [0.25, 0.3) is 10.8 Å². The summed E-state index contributed by atoms with van der Waals surface area (Å²) < 4.78 is 2.20. The average molecular weight is 479 g/mol. The zero-order chi connectivity index (χ0) is 22.8. The van der Waals surface area contributed by atoms with Crippen LogP contribution in [0.2, 0.25) is 4.34 Å². The Labute approximate surface area is 200 Å². The van der Waals surface area contributed by atoms with E-state index in [1.165, 1.54) is 9.56 Å². The molecule has 0 unspecified atom stereocenters. The van der Waals surface area contributed by atoms with Crippen molar-refractivity contribution in [2.45, 2.75) is 13.1 Å². The molecule has 1 saturated heterocycles. The first-order valence-corrected chi connectivity index (χ1v) is 12.1. The van der Waals surface area contributed by atoms with E-state index in [1.807, 2.05) is 53.4 Å². The molecule has 0 bridgehead atoms. The summed E-state index contributed by atoms with van der Waals surface area (Å²) in [6.07, 6.45) is 0. The van der Waals surface area contributed by atoms with Crippen LogP contribution in [0.1, 0.15) is 20.9 Å². The van der Waals surface area contributed by atoms with E-state index < -0.39 is 0 Å². The number of aromatic nitrogens is 2. The maximum absolute atomic E-state index is 13.5. The zero-order valence-electron chi connectivity index (χ0n) is 18.0. The third kappa shape index (κ3) is 4.71. The first kappa shape index (κ1) is 21.8. The average Bonchev–Trinajstić information content (AvgIpc) is 3.26. The molecule has 1 aliphatic rings. The van der Waals surface area contributed by atoms with Crippen LogP contribution in [-0.4, -0.2) is 51.7 Å². The van der Waals surface area contributed by atoms with E-state index in [9.17, 15) is 9.59 Å². The lowest BCUT2D eigenvalue weighted by Gasteiger charge is -2.34. The van der Waals surface area contributed by atoms with Gasteiger partial charge in [-0.3, -0.25) is 14.5 Å². The molecule has 0 N–H and O–H groups in total. The molecule has 3 heterocycles. The molecule has 8 heteroatoms. The van der Waals surface area contributed by atoms with Crippen LogP contribution in [0.3, 0.4) is 0 Å². The molecule has 0 atom stereocenters. The lowest BCUT2D eigenvalue weighted by molar-refractivity contribution is 0.0623. The first-order chi connectivity index (χ1) is 16.1. The Morgan fingerprint density at radius 1 is 0.879 bits per heavy atom. The summed E-state index contributed by atoms with van der Waals surface area (Å²) in [5.41, 5.74) is 1.10. The molecule has 0 spiro atoms. The zero-order valence-corrected chi connectivity index (χ0v) is 19.6. The number of hydrogen-bond acceptors (Lipinski definition) is 5. The van der Waals surface area contributed by atoms with Crippen molar-refractivity contribution in [2.24, 2.45) is 0 Å². The van der Waals surface area contributed by atoms with Gasteiger partial charge in [0.2, 0.25) is 0 Å². The number of amides is 1. The highest BCUT2D eigenvalue weighted by Crippen LogP contribution is 2.23. The first-order valence-electron chi connectivity index (χ1n) is 10.9. The minimum Gasteiger partial charge on any atom is -0.335 e. The number of thiophene rings is 1. The van der Waals surface area contributed by atoms with E-state index in [1.54, 1.807) is 23.5 Å². The normalized spacial score (nSPS) is 14.6. The van der Waals surface area contributed by atoms with E-state index in [-0.39, 0.29) is 11.5 Å². The molecule has 5 rings (SSSR count). The van der Waals surface area contributed by atoms with Crippen molar-refractivity contribution in [1.82, 2.24) is 19.6 Å². The summed E-state index contributed by atoms with van der Waals surface area (Å²) in [4.78, 5) is 32.0. The Hall–Kier alpha value is -3.00. The quantitative estimate of drug-likeness (QED) is 0.433. The van der Waals surface area contributed by atoms with Crippen molar-refractivity contribution < 1.29 is 4.79 Å². The Balaban J connectivity index is 1.39. The Bertz CT molecular complexity index is 1340. The molecule has 6 nitrogen and oxygen atoms in total. The number of piperazine rings is 1. The number of carbonyl (C=O) groups excluding carboxylic acids is 1. The fraction of sp³-hybridized carbons (Fsp3) is 0.240. The SMILES string of the molecule is O=C(c1nn(Cc2ccccc2)c(=O)c2ccccc12)N1CCN(Cc2ccc(Cl)s2)CC1. The van der Waals surface area contributed by atoms with Gasteiger partial charge in [0.15, 0.2) is 5.69 Å². The molecule has 2 aromatic carbocycles. The summed E-state index contributed by atoms with van der Waals surface area (Å²) in [5, 5.41) is 5.66. The lowest BCUT2D eigenvalue weighted by atomic mass is 10.1. The number of fused-ring (bicyclic) bond motifs is 1. The molecule has 1 amide bonds. The van der Waals surface area contributed by atoms with Crippen LogP contribution < -0.4 is 5.56 Å². The van der Waals surface area contributed by atoms with Crippen molar-refractivity contribution in [2.75, 3.05) is 26.2 Å². The van der Waals surface area contributed by atoms with E-state index in [0.29, 0.717) is 36.1 Å². The summed E-state index contributed by atoms with van der Waals surface area (Å²) in [6.45, 7) is 3.95. The van der Waals surface area contributed by atoms with Gasteiger partial charge in [0.25, 0.3) is 11.5 Å². The van der Waals surface area contributed by atoms with Crippen LogP contribution in [0, 0.1) is 0 Å². The Morgan fingerprint density at radius 3 is 2.27 bits per heavy atom. The molecule has 2 aromatic heterocycles. The predicted octanol–water partition coefficient (Wildman–Crippen LogP) is 4.12. The predicted molar refractivity (Wildman–Crippen MR) is 132 cm³/mol. The highest BCUT2D eigenvalue weighted by molar-refractivity contribution is 7.16. The number of carbonyl (C=O) groups is 1. The standard InChI is InChI=1S/C25H23ClN4O2S/c26-22-11-10-19(33-22)17-28-12-14-29(15-13-28)25(32)23-20-8-4-5-9-21(20)24(31)30(27-23)16-18-6-2-1-3-7-18/h1-11H,12-17H2. The lowest BCUT2D eigenvalue weighted by Crippen LogP contribution is -2.48. The molecule has 0 radical (unpaired) electrons. The maximum Gasteiger partial charge on any atom is 0.275 e. The van der Waals surface area contributed by atoms with Crippen LogP contribution >= 0.6 is 22.9 Å². The number of benzene rings is 2. The number of nitrogens with zero attached hydrogens (tertiary/aromatic N) is 4. The van der Waals surface area contributed by atoms with Crippen molar-refractivity contribution in [3.8, 4) is 0 Å². The second-order valence-electron chi connectivity index (χ2n) is 8.12. The van der Waals surface area contributed by atoms with Gasteiger partial charge in [0.1, 0.15) is 0 Å². The van der Waals surface area contributed by atoms with Crippen molar-refractivity contribution in [1.29, 1.82) is 0 Å². The van der Waals surface area contributed by atoms with Gasteiger partial charge >= 0.3 is 0 Å². The van der Waals surface area contributed by atoms with Gasteiger partial charge in [-0.25, -0.2) is 4.68 Å². The number of halogens is 1. The molecule has 168 valence electrons. The van der Waals surface area contributed by atoms with Crippen LogP contribution in [-0.2, 0) is 13.1 Å². The largest absolute Gasteiger partial charge is 0.335 e. The third-order valence-electron chi connectivity index (χ3n) is 5.91. The molecule has 33 heavy (non-hydrogen) atoms. The molecular weight excluding hydrogens is 456 g/mol. The topological polar surface area (TPSA) is 58.4 Å². The van der Waals surface area contributed by atoms with Gasteiger partial charge in [0.05, 0.1) is 16.3 Å². The summed E-state index contributed by atoms with van der Waals surface area (Å²) in [6, 6.07) is 20.9. The van der Waals surface area contributed by atoms with Gasteiger partial charge in [0, 0.05) is 43.0 Å². The summed E-state index contributed by atoms with van der Waals surface area (Å²) in [5.74, 6) is -0.133. The molecule has 1 fully saturated rings. The smallest absolute Gasteiger partial charge is 0.275 e. The fourth-order valence-corrected chi connectivity index (χ4v) is 5.30. The van der Waals surface area contributed by atoms with E-state index in [0.717, 1.165) is 29.5 Å². The van der Waals surface area contributed by atoms with Crippen LogP contribution in [0.4, 0.5) is 0 Å².